The molecule has 0 atom stereocenters. The molecule has 0 unspecified atom stereocenters. The maximum Gasteiger partial charge on any atom is 0.145 e. The van der Waals surface area contributed by atoms with Crippen molar-refractivity contribution in [2.24, 2.45) is 0 Å². The average molecular weight is 221 g/mol. The Morgan fingerprint density at radius 2 is 2.23 bits per heavy atom. The highest BCUT2D eigenvalue weighted by Gasteiger charge is 2.05. The number of aliphatic hydroxyl groups is 1. The van der Waals surface area contributed by atoms with E-state index in [1.54, 1.807) is 12.1 Å². The van der Waals surface area contributed by atoms with Gasteiger partial charge in [-0.2, -0.15) is 11.8 Å². The highest BCUT2D eigenvalue weighted by molar-refractivity contribution is 7.98. The lowest BCUT2D eigenvalue weighted by Crippen LogP contribution is -1.91. The lowest BCUT2D eigenvalue weighted by molar-refractivity contribution is 0.322. The van der Waals surface area contributed by atoms with E-state index in [0.717, 1.165) is 0 Å². The molecule has 0 saturated carbocycles. The van der Waals surface area contributed by atoms with Crippen molar-refractivity contribution in [2.45, 2.75) is 5.75 Å². The van der Waals surface area contributed by atoms with Gasteiger partial charge in [-0.1, -0.05) is 23.7 Å². The Balaban J connectivity index is 2.61. The lowest BCUT2D eigenvalue weighted by atomic mass is 10.2. The normalized spacial score (nSPS) is 10.4. The zero-order valence-electron chi connectivity index (χ0n) is 6.96. The van der Waals surface area contributed by atoms with E-state index in [4.69, 9.17) is 16.7 Å². The Morgan fingerprint density at radius 1 is 1.46 bits per heavy atom. The van der Waals surface area contributed by atoms with Crippen LogP contribution >= 0.6 is 23.4 Å². The van der Waals surface area contributed by atoms with Crippen LogP contribution in [0.5, 0.6) is 0 Å². The molecule has 1 aromatic rings. The van der Waals surface area contributed by atoms with Gasteiger partial charge in [-0.3, -0.25) is 0 Å². The molecule has 0 saturated heterocycles. The third-order valence-electron chi connectivity index (χ3n) is 1.52. The highest BCUT2D eigenvalue weighted by Crippen LogP contribution is 2.21. The first-order chi connectivity index (χ1) is 6.25. The fourth-order valence-corrected chi connectivity index (χ4v) is 1.82. The molecule has 0 aliphatic heterocycles. The SMILES string of the molecule is OCCSCc1cccc(Cl)c1F. The third kappa shape index (κ3) is 3.18. The molecule has 0 amide bonds. The first-order valence-corrected chi connectivity index (χ1v) is 5.40. The van der Waals surface area contributed by atoms with Crippen LogP contribution in [0, 0.1) is 5.82 Å². The molecular formula is C9H10ClFOS. The number of aliphatic hydroxyl groups excluding tert-OH is 1. The van der Waals surface area contributed by atoms with Gasteiger partial charge in [-0.15, -0.1) is 0 Å². The van der Waals surface area contributed by atoms with Crippen LogP contribution < -0.4 is 0 Å². The predicted molar refractivity (Wildman–Crippen MR) is 54.7 cm³/mol. The maximum absolute atomic E-state index is 13.2. The van der Waals surface area contributed by atoms with Crippen LogP contribution in [0.15, 0.2) is 18.2 Å². The Bertz CT molecular complexity index is 280. The fraction of sp³-hybridized carbons (Fsp3) is 0.333. The summed E-state index contributed by atoms with van der Waals surface area (Å²) in [7, 11) is 0. The number of halogens is 2. The van der Waals surface area contributed by atoms with E-state index in [1.165, 1.54) is 17.8 Å². The molecule has 0 heterocycles. The van der Waals surface area contributed by atoms with Crippen LogP contribution in [0.1, 0.15) is 5.56 Å². The molecule has 1 nitrogen and oxygen atoms in total. The van der Waals surface area contributed by atoms with Crippen LogP contribution in [0.3, 0.4) is 0 Å². The van der Waals surface area contributed by atoms with Gasteiger partial charge in [0.15, 0.2) is 0 Å². The van der Waals surface area contributed by atoms with Crippen molar-refractivity contribution >= 4 is 23.4 Å². The minimum Gasteiger partial charge on any atom is -0.396 e. The quantitative estimate of drug-likeness (QED) is 0.788. The third-order valence-corrected chi connectivity index (χ3v) is 2.80. The summed E-state index contributed by atoms with van der Waals surface area (Å²) >= 11 is 7.07. The molecule has 4 heteroatoms. The smallest absolute Gasteiger partial charge is 0.145 e. The van der Waals surface area contributed by atoms with Gasteiger partial charge >= 0.3 is 0 Å². The zero-order chi connectivity index (χ0) is 9.68. The van der Waals surface area contributed by atoms with E-state index >= 15 is 0 Å². The highest BCUT2D eigenvalue weighted by atomic mass is 35.5. The molecule has 0 bridgehead atoms. The number of hydrogen-bond donors (Lipinski definition) is 1. The first kappa shape index (κ1) is 10.8. The molecule has 0 spiro atoms. The van der Waals surface area contributed by atoms with E-state index < -0.39 is 0 Å². The van der Waals surface area contributed by atoms with Crippen LogP contribution in [0.2, 0.25) is 5.02 Å². The maximum atomic E-state index is 13.2. The second kappa shape index (κ2) is 5.47. The molecule has 0 aliphatic rings. The van der Waals surface area contributed by atoms with Crippen molar-refractivity contribution in [1.82, 2.24) is 0 Å². The van der Waals surface area contributed by atoms with Crippen molar-refractivity contribution in [1.29, 1.82) is 0 Å². The van der Waals surface area contributed by atoms with Gasteiger partial charge in [0.05, 0.1) is 11.6 Å². The number of thioether (sulfide) groups is 1. The summed E-state index contributed by atoms with van der Waals surface area (Å²) in [5.74, 6) is 0.813. The van der Waals surface area contributed by atoms with Gasteiger partial charge in [-0.25, -0.2) is 4.39 Å². The molecule has 0 radical (unpaired) electrons. The summed E-state index contributed by atoms with van der Waals surface area (Å²) in [5, 5.41) is 8.68. The monoisotopic (exact) mass is 220 g/mol. The van der Waals surface area contributed by atoms with E-state index in [0.29, 0.717) is 17.1 Å². The Labute approximate surface area is 85.9 Å². The van der Waals surface area contributed by atoms with E-state index in [2.05, 4.69) is 0 Å². The zero-order valence-corrected chi connectivity index (χ0v) is 8.54. The Morgan fingerprint density at radius 3 is 2.92 bits per heavy atom. The van der Waals surface area contributed by atoms with Crippen LogP contribution in [-0.4, -0.2) is 17.5 Å². The topological polar surface area (TPSA) is 20.2 Å². The minimum atomic E-state index is -0.352. The van der Waals surface area contributed by atoms with Crippen molar-refractivity contribution in [2.75, 3.05) is 12.4 Å². The molecule has 0 aliphatic carbocycles. The van der Waals surface area contributed by atoms with Gasteiger partial charge in [-0.05, 0) is 11.6 Å². The largest absolute Gasteiger partial charge is 0.396 e. The second-order valence-electron chi connectivity index (χ2n) is 2.49. The van der Waals surface area contributed by atoms with Crippen molar-refractivity contribution < 1.29 is 9.50 Å². The molecule has 72 valence electrons. The average Bonchev–Trinajstić information content (AvgIpc) is 2.13. The molecule has 1 N–H and O–H groups in total. The van der Waals surface area contributed by atoms with Crippen molar-refractivity contribution in [3.05, 3.63) is 34.6 Å². The fourth-order valence-electron chi connectivity index (χ4n) is 0.907. The number of rotatable bonds is 4. The summed E-state index contributed by atoms with van der Waals surface area (Å²) < 4.78 is 13.2. The van der Waals surface area contributed by atoms with E-state index in [-0.39, 0.29) is 17.4 Å². The summed E-state index contributed by atoms with van der Waals surface area (Å²) in [6.07, 6.45) is 0. The number of benzene rings is 1. The summed E-state index contributed by atoms with van der Waals surface area (Å²) in [6, 6.07) is 4.95. The molecule has 13 heavy (non-hydrogen) atoms. The summed E-state index contributed by atoms with van der Waals surface area (Å²) in [4.78, 5) is 0. The van der Waals surface area contributed by atoms with Crippen LogP contribution in [0.4, 0.5) is 4.39 Å². The second-order valence-corrected chi connectivity index (χ2v) is 4.00. The lowest BCUT2D eigenvalue weighted by Gasteiger charge is -2.02. The Kier molecular flexibility index (Phi) is 4.56. The standard InChI is InChI=1S/C9H10ClFOS/c10-8-3-1-2-7(9(8)11)6-13-5-4-12/h1-3,12H,4-6H2. The van der Waals surface area contributed by atoms with Gasteiger partial charge in [0, 0.05) is 11.5 Å². The van der Waals surface area contributed by atoms with Crippen molar-refractivity contribution in [3.8, 4) is 0 Å². The summed E-state index contributed by atoms with van der Waals surface area (Å²) in [6.45, 7) is 0.118. The summed E-state index contributed by atoms with van der Waals surface area (Å²) in [5.41, 5.74) is 0.589. The van der Waals surface area contributed by atoms with Crippen molar-refractivity contribution in [3.63, 3.8) is 0 Å². The number of hydrogen-bond acceptors (Lipinski definition) is 2. The van der Waals surface area contributed by atoms with Gasteiger partial charge in [0.2, 0.25) is 0 Å². The van der Waals surface area contributed by atoms with Crippen LogP contribution in [-0.2, 0) is 5.75 Å². The molecule has 0 fully saturated rings. The molecule has 0 aromatic heterocycles. The molecule has 1 rings (SSSR count). The molecular weight excluding hydrogens is 211 g/mol. The molecule has 1 aromatic carbocycles. The Hall–Kier alpha value is -0.250. The van der Waals surface area contributed by atoms with Gasteiger partial charge in [0.25, 0.3) is 0 Å². The first-order valence-electron chi connectivity index (χ1n) is 3.87. The van der Waals surface area contributed by atoms with E-state index in [1.807, 2.05) is 0 Å². The van der Waals surface area contributed by atoms with E-state index in [9.17, 15) is 4.39 Å². The predicted octanol–water partition coefficient (Wildman–Crippen LogP) is 2.70. The minimum absolute atomic E-state index is 0.118. The van der Waals surface area contributed by atoms with Gasteiger partial charge in [0.1, 0.15) is 5.82 Å². The van der Waals surface area contributed by atoms with Gasteiger partial charge < -0.3 is 5.11 Å². The van der Waals surface area contributed by atoms with Crippen LogP contribution in [0.25, 0.3) is 0 Å².